The van der Waals surface area contributed by atoms with Crippen LogP contribution in [0.1, 0.15) is 18.5 Å². The van der Waals surface area contributed by atoms with Crippen LogP contribution in [0.25, 0.3) is 11.5 Å². The van der Waals surface area contributed by atoms with Crippen molar-refractivity contribution in [3.05, 3.63) is 64.9 Å². The second kappa shape index (κ2) is 8.33. The van der Waals surface area contributed by atoms with E-state index in [1.165, 1.54) is 12.1 Å². The number of nitrogens with zero attached hydrogens (tertiary/aromatic N) is 2. The summed E-state index contributed by atoms with van der Waals surface area (Å²) >= 11 is 7.23. The van der Waals surface area contributed by atoms with Gasteiger partial charge in [0.15, 0.2) is 0 Å². The second-order valence-electron chi connectivity index (χ2n) is 5.48. The highest BCUT2D eigenvalue weighted by atomic mass is 35.5. The summed E-state index contributed by atoms with van der Waals surface area (Å²) in [4.78, 5) is 12.1. The first-order valence-corrected chi connectivity index (χ1v) is 9.15. The summed E-state index contributed by atoms with van der Waals surface area (Å²) < 4.78 is 18.5. The Kier molecular flexibility index (Phi) is 5.90. The summed E-state index contributed by atoms with van der Waals surface area (Å²) in [6, 6.07) is 12.9. The minimum absolute atomic E-state index is 0.121. The first-order valence-electron chi connectivity index (χ1n) is 7.79. The zero-order valence-electron chi connectivity index (χ0n) is 13.8. The molecule has 134 valence electrons. The number of hydrogen-bond donors (Lipinski definition) is 1. The molecule has 1 atom stereocenters. The summed E-state index contributed by atoms with van der Waals surface area (Å²) in [5.74, 6) is -0.0774. The minimum atomic E-state index is -0.312. The maximum atomic E-state index is 12.9. The van der Waals surface area contributed by atoms with Crippen molar-refractivity contribution in [2.24, 2.45) is 0 Å². The second-order valence-corrected chi connectivity index (χ2v) is 6.82. The number of rotatable bonds is 6. The molecule has 0 aliphatic carbocycles. The lowest BCUT2D eigenvalue weighted by Crippen LogP contribution is -2.28. The Bertz CT molecular complexity index is 901. The van der Waals surface area contributed by atoms with Gasteiger partial charge >= 0.3 is 0 Å². The average molecular weight is 392 g/mol. The van der Waals surface area contributed by atoms with Gasteiger partial charge in [0, 0.05) is 0 Å². The molecule has 0 bridgehead atoms. The Morgan fingerprint density at radius 2 is 1.96 bits per heavy atom. The van der Waals surface area contributed by atoms with E-state index in [0.29, 0.717) is 16.5 Å². The molecule has 3 aromatic rings. The Morgan fingerprint density at radius 1 is 1.23 bits per heavy atom. The Hall–Kier alpha value is -2.38. The van der Waals surface area contributed by atoms with E-state index in [-0.39, 0.29) is 28.7 Å². The van der Waals surface area contributed by atoms with Gasteiger partial charge in [-0.15, -0.1) is 10.2 Å². The van der Waals surface area contributed by atoms with E-state index in [1.807, 2.05) is 19.1 Å². The lowest BCUT2D eigenvalue weighted by Gasteiger charge is -2.13. The summed E-state index contributed by atoms with van der Waals surface area (Å²) in [6.07, 6.45) is 0. The van der Waals surface area contributed by atoms with Gasteiger partial charge in [-0.05, 0) is 36.8 Å². The predicted molar refractivity (Wildman–Crippen MR) is 98.4 cm³/mol. The van der Waals surface area contributed by atoms with Gasteiger partial charge in [0.1, 0.15) is 5.82 Å². The lowest BCUT2D eigenvalue weighted by atomic mass is 10.1. The van der Waals surface area contributed by atoms with Gasteiger partial charge in [0.05, 0.1) is 22.4 Å². The van der Waals surface area contributed by atoms with Crippen LogP contribution in [0.15, 0.2) is 58.2 Å². The van der Waals surface area contributed by atoms with Crippen LogP contribution in [-0.2, 0) is 4.79 Å². The van der Waals surface area contributed by atoms with Gasteiger partial charge in [-0.3, -0.25) is 4.79 Å². The van der Waals surface area contributed by atoms with Gasteiger partial charge in [-0.25, -0.2) is 4.39 Å². The molecule has 0 fully saturated rings. The molecule has 0 saturated carbocycles. The smallest absolute Gasteiger partial charge is 0.277 e. The van der Waals surface area contributed by atoms with Crippen LogP contribution in [0.5, 0.6) is 0 Å². The van der Waals surface area contributed by atoms with Crippen LogP contribution >= 0.6 is 23.4 Å². The zero-order chi connectivity index (χ0) is 18.5. The van der Waals surface area contributed by atoms with Crippen LogP contribution < -0.4 is 5.32 Å². The third-order valence-corrected chi connectivity index (χ3v) is 4.73. The fourth-order valence-corrected chi connectivity index (χ4v) is 3.05. The molecule has 1 heterocycles. The molecule has 1 aromatic heterocycles. The fraction of sp³-hybridized carbons (Fsp3) is 0.167. The Labute approximate surface area is 159 Å². The van der Waals surface area contributed by atoms with Crippen molar-refractivity contribution in [2.45, 2.75) is 18.2 Å². The Morgan fingerprint density at radius 3 is 2.69 bits per heavy atom. The number of amides is 1. The summed E-state index contributed by atoms with van der Waals surface area (Å²) in [5, 5.41) is 11.5. The third-order valence-electron chi connectivity index (χ3n) is 3.58. The fourth-order valence-electron chi connectivity index (χ4n) is 2.26. The predicted octanol–water partition coefficient (Wildman–Crippen LogP) is 4.50. The number of hydrogen-bond acceptors (Lipinski definition) is 5. The van der Waals surface area contributed by atoms with Crippen LogP contribution in [-0.4, -0.2) is 21.9 Å². The number of carbonyl (C=O) groups is 1. The largest absolute Gasteiger partial charge is 0.411 e. The molecule has 0 saturated heterocycles. The number of aromatic nitrogens is 2. The molecule has 0 aliphatic rings. The molecular formula is C18H15ClFN3O2S. The maximum absolute atomic E-state index is 12.9. The molecule has 5 nitrogen and oxygen atoms in total. The van der Waals surface area contributed by atoms with E-state index in [1.54, 1.807) is 24.3 Å². The number of thioether (sulfide) groups is 1. The van der Waals surface area contributed by atoms with Gasteiger partial charge in [-0.1, -0.05) is 47.6 Å². The quantitative estimate of drug-likeness (QED) is 0.626. The van der Waals surface area contributed by atoms with Gasteiger partial charge in [0.25, 0.3) is 5.22 Å². The molecular weight excluding hydrogens is 377 g/mol. The highest BCUT2D eigenvalue weighted by molar-refractivity contribution is 7.99. The van der Waals surface area contributed by atoms with E-state index in [2.05, 4.69) is 15.5 Å². The van der Waals surface area contributed by atoms with Crippen LogP contribution in [0.2, 0.25) is 5.02 Å². The summed E-state index contributed by atoms with van der Waals surface area (Å²) in [5.41, 5.74) is 1.46. The minimum Gasteiger partial charge on any atom is -0.411 e. The molecule has 2 aromatic carbocycles. The number of carbonyl (C=O) groups excluding carboxylic acids is 1. The van der Waals surface area contributed by atoms with E-state index >= 15 is 0 Å². The van der Waals surface area contributed by atoms with Crippen molar-refractivity contribution in [3.8, 4) is 11.5 Å². The first-order chi connectivity index (χ1) is 12.5. The topological polar surface area (TPSA) is 68.0 Å². The van der Waals surface area contributed by atoms with E-state index in [9.17, 15) is 9.18 Å². The van der Waals surface area contributed by atoms with E-state index in [0.717, 1.165) is 17.3 Å². The van der Waals surface area contributed by atoms with Crippen molar-refractivity contribution in [1.82, 2.24) is 15.5 Å². The molecule has 1 N–H and O–H groups in total. The first kappa shape index (κ1) is 18.4. The summed E-state index contributed by atoms with van der Waals surface area (Å²) in [6.45, 7) is 1.83. The number of benzene rings is 2. The molecule has 1 amide bonds. The molecule has 8 heteroatoms. The van der Waals surface area contributed by atoms with Gasteiger partial charge in [-0.2, -0.15) is 0 Å². The highest BCUT2D eigenvalue weighted by Crippen LogP contribution is 2.28. The maximum Gasteiger partial charge on any atom is 0.277 e. The average Bonchev–Trinajstić information content (AvgIpc) is 3.09. The highest BCUT2D eigenvalue weighted by Gasteiger charge is 2.14. The standard InChI is InChI=1S/C18H15ClFN3O2S/c1-11(12-6-8-13(20)9-7-12)21-16(24)10-26-18-23-22-17(25-18)14-4-2-3-5-15(14)19/h2-9,11H,10H2,1H3,(H,21,24). The van der Waals surface area contributed by atoms with Crippen LogP contribution in [0.4, 0.5) is 4.39 Å². The molecule has 26 heavy (non-hydrogen) atoms. The molecule has 3 rings (SSSR count). The van der Waals surface area contributed by atoms with Crippen molar-refractivity contribution in [2.75, 3.05) is 5.75 Å². The van der Waals surface area contributed by atoms with Crippen LogP contribution in [0, 0.1) is 5.82 Å². The van der Waals surface area contributed by atoms with Gasteiger partial charge in [0.2, 0.25) is 11.8 Å². The third kappa shape index (κ3) is 4.62. The lowest BCUT2D eigenvalue weighted by molar-refractivity contribution is -0.119. The summed E-state index contributed by atoms with van der Waals surface area (Å²) in [7, 11) is 0. The molecule has 0 aliphatic heterocycles. The number of halogens is 2. The number of nitrogens with one attached hydrogen (secondary N) is 1. The zero-order valence-corrected chi connectivity index (χ0v) is 15.4. The van der Waals surface area contributed by atoms with Crippen molar-refractivity contribution in [3.63, 3.8) is 0 Å². The van der Waals surface area contributed by atoms with Gasteiger partial charge < -0.3 is 9.73 Å². The SMILES string of the molecule is CC(NC(=O)CSc1nnc(-c2ccccc2Cl)o1)c1ccc(F)cc1. The van der Waals surface area contributed by atoms with E-state index in [4.69, 9.17) is 16.0 Å². The van der Waals surface area contributed by atoms with E-state index < -0.39 is 0 Å². The van der Waals surface area contributed by atoms with Crippen molar-refractivity contribution < 1.29 is 13.6 Å². The molecule has 1 unspecified atom stereocenters. The Balaban J connectivity index is 1.55. The molecule has 0 spiro atoms. The normalized spacial score (nSPS) is 12.0. The molecule has 0 radical (unpaired) electrons. The van der Waals surface area contributed by atoms with Crippen LogP contribution in [0.3, 0.4) is 0 Å². The monoisotopic (exact) mass is 391 g/mol. The van der Waals surface area contributed by atoms with Crippen molar-refractivity contribution >= 4 is 29.3 Å². The van der Waals surface area contributed by atoms with Crippen molar-refractivity contribution in [1.29, 1.82) is 0 Å².